The van der Waals surface area contributed by atoms with Crippen molar-refractivity contribution >= 4 is 22.9 Å². The van der Waals surface area contributed by atoms with Crippen molar-refractivity contribution in [3.63, 3.8) is 0 Å². The van der Waals surface area contributed by atoms with Crippen LogP contribution in [-0.4, -0.2) is 18.2 Å². The van der Waals surface area contributed by atoms with Gasteiger partial charge in [0.2, 0.25) is 0 Å². The molecule has 0 aliphatic rings. The molecule has 1 N–H and O–H groups in total. The summed E-state index contributed by atoms with van der Waals surface area (Å²) in [5, 5.41) is 5.90. The predicted molar refractivity (Wildman–Crippen MR) is 76.3 cm³/mol. The third-order valence-electron chi connectivity index (χ3n) is 2.71. The van der Waals surface area contributed by atoms with E-state index in [1.54, 1.807) is 13.8 Å². The van der Waals surface area contributed by atoms with Gasteiger partial charge >= 0.3 is 0 Å². The zero-order valence-electron chi connectivity index (χ0n) is 11.0. The van der Waals surface area contributed by atoms with Crippen molar-refractivity contribution in [1.29, 1.82) is 0 Å². The highest BCUT2D eigenvalue weighted by Crippen LogP contribution is 2.21. The van der Waals surface area contributed by atoms with E-state index in [-0.39, 0.29) is 5.91 Å². The Balaban J connectivity index is 2.10. The van der Waals surface area contributed by atoms with Crippen LogP contribution in [0.5, 0.6) is 5.75 Å². The Kier molecular flexibility index (Phi) is 4.13. The number of hydrogen-bond donors (Lipinski definition) is 1. The molecular weight excluding hydrogens is 240 g/mol. The number of hydrogen-bond acceptors (Lipinski definition) is 3. The van der Waals surface area contributed by atoms with E-state index in [9.17, 15) is 4.79 Å². The van der Waals surface area contributed by atoms with Gasteiger partial charge in [-0.1, -0.05) is 30.3 Å². The van der Waals surface area contributed by atoms with Crippen LogP contribution in [0, 0.1) is 0 Å². The number of carbonyl (C=O) groups is 1. The van der Waals surface area contributed by atoms with E-state index in [2.05, 4.69) is 10.5 Å². The first-order valence-electron chi connectivity index (χ1n) is 6.13. The lowest BCUT2D eigenvalue weighted by Gasteiger charge is -2.13. The van der Waals surface area contributed by atoms with Gasteiger partial charge in [0.1, 0.15) is 5.75 Å². The quantitative estimate of drug-likeness (QED) is 0.675. The molecule has 4 nitrogen and oxygen atoms in total. The van der Waals surface area contributed by atoms with Crippen molar-refractivity contribution in [1.82, 2.24) is 5.43 Å². The van der Waals surface area contributed by atoms with Gasteiger partial charge in [-0.15, -0.1) is 0 Å². The normalized spacial score (nSPS) is 12.5. The fourth-order valence-electron chi connectivity index (χ4n) is 1.72. The van der Waals surface area contributed by atoms with E-state index >= 15 is 0 Å². The highest BCUT2D eigenvalue weighted by atomic mass is 16.5. The van der Waals surface area contributed by atoms with Gasteiger partial charge < -0.3 is 4.74 Å². The van der Waals surface area contributed by atoms with E-state index in [0.717, 1.165) is 10.8 Å². The zero-order chi connectivity index (χ0) is 13.7. The van der Waals surface area contributed by atoms with Crippen molar-refractivity contribution in [2.24, 2.45) is 5.10 Å². The molecule has 0 saturated heterocycles. The van der Waals surface area contributed by atoms with E-state index in [1.807, 2.05) is 42.5 Å². The van der Waals surface area contributed by atoms with Crippen molar-refractivity contribution in [2.45, 2.75) is 20.0 Å². The third-order valence-corrected chi connectivity index (χ3v) is 2.71. The number of rotatable bonds is 4. The number of benzene rings is 2. The van der Waals surface area contributed by atoms with Crippen molar-refractivity contribution in [3.8, 4) is 5.75 Å². The van der Waals surface area contributed by atoms with E-state index in [1.165, 1.54) is 6.21 Å². The summed E-state index contributed by atoms with van der Waals surface area (Å²) in [6, 6.07) is 13.7. The summed E-state index contributed by atoms with van der Waals surface area (Å²) in [4.78, 5) is 11.6. The molecule has 0 saturated carbocycles. The van der Waals surface area contributed by atoms with Gasteiger partial charge in [0, 0.05) is 6.21 Å². The molecule has 0 aliphatic carbocycles. The molecule has 2 aromatic rings. The molecule has 0 aliphatic heterocycles. The lowest BCUT2D eigenvalue weighted by molar-refractivity contribution is -0.127. The Bertz CT molecular complexity index is 608. The molecule has 0 heterocycles. The van der Waals surface area contributed by atoms with Gasteiger partial charge in [-0.05, 0) is 36.8 Å². The van der Waals surface area contributed by atoms with Gasteiger partial charge in [0.05, 0.1) is 0 Å². The van der Waals surface area contributed by atoms with Crippen LogP contribution in [0.3, 0.4) is 0 Å². The van der Waals surface area contributed by atoms with E-state index in [0.29, 0.717) is 5.75 Å². The van der Waals surface area contributed by atoms with Gasteiger partial charge in [0.25, 0.3) is 5.91 Å². The topological polar surface area (TPSA) is 50.7 Å². The highest BCUT2D eigenvalue weighted by Gasteiger charge is 2.13. The number of hydrazone groups is 1. The number of nitrogens with zero attached hydrogens (tertiary/aromatic N) is 1. The minimum Gasteiger partial charge on any atom is -0.481 e. The monoisotopic (exact) mass is 256 g/mol. The lowest BCUT2D eigenvalue weighted by Crippen LogP contribution is -2.33. The van der Waals surface area contributed by atoms with Crippen LogP contribution < -0.4 is 10.2 Å². The van der Waals surface area contributed by atoms with Gasteiger partial charge in [-0.3, -0.25) is 4.79 Å². The predicted octanol–water partition coefficient (Wildman–Crippen LogP) is 2.73. The molecule has 2 aromatic carbocycles. The van der Waals surface area contributed by atoms with Crippen molar-refractivity contribution < 1.29 is 9.53 Å². The molecule has 0 bridgehead atoms. The summed E-state index contributed by atoms with van der Waals surface area (Å²) in [7, 11) is 0. The Morgan fingerprint density at radius 1 is 1.26 bits per heavy atom. The highest BCUT2D eigenvalue weighted by molar-refractivity contribution is 5.84. The molecule has 0 radical (unpaired) electrons. The minimum absolute atomic E-state index is 0.272. The van der Waals surface area contributed by atoms with Crippen LogP contribution in [-0.2, 0) is 4.79 Å². The van der Waals surface area contributed by atoms with Crippen LogP contribution in [0.1, 0.15) is 13.8 Å². The Labute approximate surface area is 112 Å². The Morgan fingerprint density at radius 3 is 2.74 bits per heavy atom. The van der Waals surface area contributed by atoms with Crippen LogP contribution in [0.4, 0.5) is 0 Å². The smallest absolute Gasteiger partial charge is 0.280 e. The average molecular weight is 256 g/mol. The van der Waals surface area contributed by atoms with Gasteiger partial charge in [0.15, 0.2) is 6.10 Å². The standard InChI is InChI=1S/C15H16N2O2/c1-3-16-17-15(18)11(2)19-14-9-8-12-6-4-5-7-13(12)10-14/h3-11H,1-2H3,(H,17,18). The molecule has 1 atom stereocenters. The van der Waals surface area contributed by atoms with Gasteiger partial charge in [-0.2, -0.15) is 5.10 Å². The summed E-state index contributed by atoms with van der Waals surface area (Å²) in [6.45, 7) is 3.42. The van der Waals surface area contributed by atoms with Crippen LogP contribution in [0.2, 0.25) is 0 Å². The molecule has 0 aromatic heterocycles. The number of carbonyl (C=O) groups excluding carboxylic acids is 1. The maximum atomic E-state index is 11.6. The first-order chi connectivity index (χ1) is 9.20. The van der Waals surface area contributed by atoms with Crippen LogP contribution in [0.25, 0.3) is 10.8 Å². The average Bonchev–Trinajstić information content (AvgIpc) is 2.44. The maximum absolute atomic E-state index is 11.6. The second kappa shape index (κ2) is 6.00. The van der Waals surface area contributed by atoms with Gasteiger partial charge in [-0.25, -0.2) is 5.43 Å². The molecule has 0 spiro atoms. The number of amides is 1. The molecule has 0 fully saturated rings. The summed E-state index contributed by atoms with van der Waals surface area (Å²) in [5.74, 6) is 0.396. The summed E-state index contributed by atoms with van der Waals surface area (Å²) in [6.07, 6.45) is 0.922. The number of nitrogens with one attached hydrogen (secondary N) is 1. The van der Waals surface area contributed by atoms with Crippen molar-refractivity contribution in [2.75, 3.05) is 0 Å². The lowest BCUT2D eigenvalue weighted by atomic mass is 10.1. The Morgan fingerprint density at radius 2 is 2.00 bits per heavy atom. The number of fused-ring (bicyclic) bond motifs is 1. The van der Waals surface area contributed by atoms with E-state index in [4.69, 9.17) is 4.74 Å². The summed E-state index contributed by atoms with van der Waals surface area (Å²) >= 11 is 0. The molecule has 1 unspecified atom stereocenters. The van der Waals surface area contributed by atoms with Crippen LogP contribution >= 0.6 is 0 Å². The fraction of sp³-hybridized carbons (Fsp3) is 0.200. The first kappa shape index (κ1) is 13.1. The van der Waals surface area contributed by atoms with Crippen molar-refractivity contribution in [3.05, 3.63) is 42.5 Å². The minimum atomic E-state index is -0.593. The second-order valence-corrected chi connectivity index (χ2v) is 4.13. The largest absolute Gasteiger partial charge is 0.481 e. The second-order valence-electron chi connectivity index (χ2n) is 4.13. The zero-order valence-corrected chi connectivity index (χ0v) is 11.0. The molecule has 19 heavy (non-hydrogen) atoms. The molecule has 1 amide bonds. The fourth-order valence-corrected chi connectivity index (χ4v) is 1.72. The summed E-state index contributed by atoms with van der Waals surface area (Å²) in [5.41, 5.74) is 2.40. The third kappa shape index (κ3) is 3.31. The Hall–Kier alpha value is -2.36. The molecule has 2 rings (SSSR count). The van der Waals surface area contributed by atoms with Crippen LogP contribution in [0.15, 0.2) is 47.6 Å². The molecule has 4 heteroatoms. The van der Waals surface area contributed by atoms with E-state index < -0.39 is 6.10 Å². The SMILES string of the molecule is CC=NNC(=O)C(C)Oc1ccc2ccccc2c1. The molecular formula is C15H16N2O2. The number of ether oxygens (including phenoxy) is 1. The summed E-state index contributed by atoms with van der Waals surface area (Å²) < 4.78 is 5.60. The first-order valence-corrected chi connectivity index (χ1v) is 6.13. The molecule has 98 valence electrons. The maximum Gasteiger partial charge on any atom is 0.280 e.